The molecule has 1 amide bonds. The Morgan fingerprint density at radius 2 is 1.81 bits per heavy atom. The average molecular weight is 421 g/mol. The van der Waals surface area contributed by atoms with E-state index in [1.807, 2.05) is 36.1 Å². The van der Waals surface area contributed by atoms with Crippen LogP contribution in [-0.2, 0) is 17.9 Å². The summed E-state index contributed by atoms with van der Waals surface area (Å²) < 4.78 is 6.75. The number of hydrogen-bond acceptors (Lipinski definition) is 5. The quantitative estimate of drug-likeness (QED) is 0.613. The number of methoxy groups -OCH3 is 1. The minimum Gasteiger partial charge on any atom is -0.497 e. The highest BCUT2D eigenvalue weighted by Gasteiger charge is 2.21. The first-order valence-electron chi connectivity index (χ1n) is 10.6. The van der Waals surface area contributed by atoms with Crippen molar-refractivity contribution in [2.45, 2.75) is 26.4 Å². The van der Waals surface area contributed by atoms with E-state index in [0.29, 0.717) is 31.4 Å². The van der Waals surface area contributed by atoms with Gasteiger partial charge in [0.25, 0.3) is 5.56 Å². The predicted octanol–water partition coefficient (Wildman–Crippen LogP) is 2.45. The van der Waals surface area contributed by atoms with E-state index in [1.54, 1.807) is 24.1 Å². The minimum atomic E-state index is -0.0918. The first kappa shape index (κ1) is 21.1. The summed E-state index contributed by atoms with van der Waals surface area (Å²) in [6.45, 7) is 6.25. The van der Waals surface area contributed by atoms with Crippen LogP contribution in [-0.4, -0.2) is 58.5 Å². The van der Waals surface area contributed by atoms with Crippen molar-refractivity contribution in [3.63, 3.8) is 0 Å². The third-order valence-electron chi connectivity index (χ3n) is 5.91. The molecular weight excluding hydrogens is 392 g/mol. The summed E-state index contributed by atoms with van der Waals surface area (Å²) in [5, 5.41) is 0.599. The normalized spacial score (nSPS) is 14.7. The lowest BCUT2D eigenvalue weighted by Gasteiger charge is -2.34. The minimum absolute atomic E-state index is 0.0836. The summed E-state index contributed by atoms with van der Waals surface area (Å²) in [4.78, 5) is 34.1. The van der Waals surface area contributed by atoms with Crippen molar-refractivity contribution in [3.05, 3.63) is 70.3 Å². The number of ether oxygens (including phenoxy) is 1. The summed E-state index contributed by atoms with van der Waals surface area (Å²) in [6, 6.07) is 13.7. The molecule has 3 aromatic rings. The number of aryl methyl sites for hydroxylation is 2. The van der Waals surface area contributed by atoms with Crippen LogP contribution in [0.4, 0.5) is 0 Å². The molecule has 1 aromatic heterocycles. The second kappa shape index (κ2) is 9.31. The van der Waals surface area contributed by atoms with Crippen molar-refractivity contribution in [2.75, 3.05) is 33.3 Å². The van der Waals surface area contributed by atoms with Crippen LogP contribution >= 0.6 is 0 Å². The van der Waals surface area contributed by atoms with Crippen LogP contribution in [0, 0.1) is 6.92 Å². The molecule has 4 rings (SSSR count). The van der Waals surface area contributed by atoms with Crippen LogP contribution in [0.3, 0.4) is 0 Å². The second-order valence-electron chi connectivity index (χ2n) is 7.97. The fourth-order valence-corrected chi connectivity index (χ4v) is 4.02. The maximum atomic E-state index is 12.7. The van der Waals surface area contributed by atoms with Gasteiger partial charge in [0.2, 0.25) is 5.91 Å². The SMILES string of the molecule is COc1ccc(CN2CCN(C(=O)CCn3cnc4c(C)cccc4c3=O)CC2)cc1. The van der Waals surface area contributed by atoms with Gasteiger partial charge < -0.3 is 9.64 Å². The number of benzene rings is 2. The highest BCUT2D eigenvalue weighted by molar-refractivity contribution is 5.80. The number of para-hydroxylation sites is 1. The van der Waals surface area contributed by atoms with Gasteiger partial charge in [0.1, 0.15) is 5.75 Å². The number of aromatic nitrogens is 2. The summed E-state index contributed by atoms with van der Waals surface area (Å²) in [7, 11) is 1.67. The van der Waals surface area contributed by atoms with E-state index in [1.165, 1.54) is 5.56 Å². The van der Waals surface area contributed by atoms with E-state index in [0.717, 1.165) is 36.5 Å². The van der Waals surface area contributed by atoms with E-state index in [-0.39, 0.29) is 11.5 Å². The summed E-state index contributed by atoms with van der Waals surface area (Å²) in [6.07, 6.45) is 1.86. The Morgan fingerprint density at radius 3 is 2.52 bits per heavy atom. The number of amides is 1. The molecule has 0 N–H and O–H groups in total. The van der Waals surface area contributed by atoms with Gasteiger partial charge in [0, 0.05) is 45.7 Å². The monoisotopic (exact) mass is 420 g/mol. The van der Waals surface area contributed by atoms with Crippen LogP contribution in [0.25, 0.3) is 10.9 Å². The number of hydrogen-bond donors (Lipinski definition) is 0. The summed E-state index contributed by atoms with van der Waals surface area (Å²) in [5.41, 5.74) is 2.85. The zero-order valence-corrected chi connectivity index (χ0v) is 18.1. The molecule has 0 atom stereocenters. The maximum Gasteiger partial charge on any atom is 0.261 e. The van der Waals surface area contributed by atoms with Crippen molar-refractivity contribution in [1.29, 1.82) is 0 Å². The third-order valence-corrected chi connectivity index (χ3v) is 5.91. The largest absolute Gasteiger partial charge is 0.497 e. The first-order valence-corrected chi connectivity index (χ1v) is 10.6. The van der Waals surface area contributed by atoms with Gasteiger partial charge >= 0.3 is 0 Å². The lowest BCUT2D eigenvalue weighted by Crippen LogP contribution is -2.48. The lowest BCUT2D eigenvalue weighted by molar-refractivity contribution is -0.133. The van der Waals surface area contributed by atoms with Crippen LogP contribution in [0.15, 0.2) is 53.6 Å². The smallest absolute Gasteiger partial charge is 0.261 e. The van der Waals surface area contributed by atoms with Gasteiger partial charge in [-0.05, 0) is 36.2 Å². The van der Waals surface area contributed by atoms with Gasteiger partial charge in [-0.1, -0.05) is 24.3 Å². The number of rotatable bonds is 6. The van der Waals surface area contributed by atoms with Gasteiger partial charge in [-0.25, -0.2) is 4.98 Å². The standard InChI is InChI=1S/C24H28N4O3/c1-18-4-3-5-21-23(18)25-17-28(24(21)30)11-10-22(29)27-14-12-26(13-15-27)16-19-6-8-20(31-2)9-7-19/h3-9,17H,10-16H2,1-2H3. The predicted molar refractivity (Wildman–Crippen MR) is 120 cm³/mol. The molecule has 7 heteroatoms. The highest BCUT2D eigenvalue weighted by atomic mass is 16.5. The van der Waals surface area contributed by atoms with Crippen LogP contribution in [0.2, 0.25) is 0 Å². The van der Waals surface area contributed by atoms with Crippen molar-refractivity contribution in [1.82, 2.24) is 19.4 Å². The van der Waals surface area contributed by atoms with Gasteiger partial charge in [-0.15, -0.1) is 0 Å². The van der Waals surface area contributed by atoms with E-state index >= 15 is 0 Å². The molecule has 7 nitrogen and oxygen atoms in total. The zero-order valence-electron chi connectivity index (χ0n) is 18.1. The van der Waals surface area contributed by atoms with Gasteiger partial charge in [-0.3, -0.25) is 19.1 Å². The van der Waals surface area contributed by atoms with Crippen LogP contribution in [0.1, 0.15) is 17.5 Å². The zero-order chi connectivity index (χ0) is 21.8. The van der Waals surface area contributed by atoms with Crippen LogP contribution < -0.4 is 10.3 Å². The maximum absolute atomic E-state index is 12.7. The third kappa shape index (κ3) is 4.77. The van der Waals surface area contributed by atoms with Gasteiger partial charge in [-0.2, -0.15) is 0 Å². The van der Waals surface area contributed by atoms with E-state index in [2.05, 4.69) is 22.0 Å². The molecule has 0 spiro atoms. The molecule has 162 valence electrons. The van der Waals surface area contributed by atoms with E-state index in [9.17, 15) is 9.59 Å². The number of carbonyl (C=O) groups is 1. The molecule has 1 fully saturated rings. The van der Waals surface area contributed by atoms with Crippen molar-refractivity contribution >= 4 is 16.8 Å². The van der Waals surface area contributed by atoms with Crippen LogP contribution in [0.5, 0.6) is 5.75 Å². The molecule has 0 bridgehead atoms. The van der Waals surface area contributed by atoms with Crippen molar-refractivity contribution in [2.24, 2.45) is 0 Å². The Balaban J connectivity index is 1.30. The van der Waals surface area contributed by atoms with E-state index in [4.69, 9.17) is 4.74 Å². The molecular formula is C24H28N4O3. The van der Waals surface area contributed by atoms with E-state index < -0.39 is 0 Å². The molecule has 0 aliphatic carbocycles. The van der Waals surface area contributed by atoms with Crippen molar-refractivity contribution < 1.29 is 9.53 Å². The molecule has 0 unspecified atom stereocenters. The Kier molecular flexibility index (Phi) is 6.32. The summed E-state index contributed by atoms with van der Waals surface area (Å²) >= 11 is 0. The molecule has 0 radical (unpaired) electrons. The van der Waals surface area contributed by atoms with Gasteiger partial charge in [0.15, 0.2) is 0 Å². The number of fused-ring (bicyclic) bond motifs is 1. The fraction of sp³-hybridized carbons (Fsp3) is 0.375. The number of nitrogens with zero attached hydrogens (tertiary/aromatic N) is 4. The molecule has 1 aliphatic rings. The summed E-state index contributed by atoms with van der Waals surface area (Å²) in [5.74, 6) is 0.940. The average Bonchev–Trinajstić information content (AvgIpc) is 2.80. The van der Waals surface area contributed by atoms with Gasteiger partial charge in [0.05, 0.1) is 24.3 Å². The lowest BCUT2D eigenvalue weighted by atomic mass is 10.1. The molecule has 2 aromatic carbocycles. The molecule has 31 heavy (non-hydrogen) atoms. The Morgan fingerprint density at radius 1 is 1.06 bits per heavy atom. The molecule has 1 saturated heterocycles. The molecule has 0 saturated carbocycles. The Bertz CT molecular complexity index is 1120. The Labute approximate surface area is 181 Å². The topological polar surface area (TPSA) is 67.7 Å². The molecule has 2 heterocycles. The first-order chi connectivity index (χ1) is 15.0. The molecule has 1 aliphatic heterocycles. The fourth-order valence-electron chi connectivity index (χ4n) is 4.02. The van der Waals surface area contributed by atoms with Crippen molar-refractivity contribution in [3.8, 4) is 5.75 Å². The second-order valence-corrected chi connectivity index (χ2v) is 7.97. The number of carbonyl (C=O) groups excluding carboxylic acids is 1. The highest BCUT2D eigenvalue weighted by Crippen LogP contribution is 2.15. The Hall–Kier alpha value is -3.19. The number of piperazine rings is 1.